The van der Waals surface area contributed by atoms with Crippen molar-refractivity contribution in [2.75, 3.05) is 12.8 Å². The molecule has 2 N–H and O–H groups in total. The molecule has 1 aromatic carbocycles. The molecule has 3 aromatic rings. The van der Waals surface area contributed by atoms with E-state index in [9.17, 15) is 0 Å². The van der Waals surface area contributed by atoms with Crippen LogP contribution in [-0.2, 0) is 0 Å². The van der Waals surface area contributed by atoms with Crippen LogP contribution in [0, 0.1) is 11.3 Å². The van der Waals surface area contributed by atoms with Gasteiger partial charge in [-0.1, -0.05) is 0 Å². The summed E-state index contributed by atoms with van der Waals surface area (Å²) in [4.78, 5) is 8.99. The first-order chi connectivity index (χ1) is 10.2. The van der Waals surface area contributed by atoms with Crippen molar-refractivity contribution in [2.45, 2.75) is 0 Å². The zero-order chi connectivity index (χ0) is 14.8. The van der Waals surface area contributed by atoms with Crippen LogP contribution in [0.3, 0.4) is 0 Å². The number of aromatic nitrogens is 2. The van der Waals surface area contributed by atoms with E-state index in [-0.39, 0.29) is 5.95 Å². The van der Waals surface area contributed by atoms with E-state index >= 15 is 0 Å². The smallest absolute Gasteiger partial charge is 0.232 e. The summed E-state index contributed by atoms with van der Waals surface area (Å²) in [7, 11) is 1.53. The average Bonchev–Trinajstić information content (AvgIpc) is 2.95. The van der Waals surface area contributed by atoms with Crippen molar-refractivity contribution in [3.05, 3.63) is 35.2 Å². The standard InChI is InChI=1S/C14H10N4O2S/c1-19-9-4-8(7-15)5-10(6-9)20-12-11-2-3-21-13(11)18-14(16)17-12/h2-6H,1H3,(H2,16,17,18). The van der Waals surface area contributed by atoms with Crippen molar-refractivity contribution in [1.82, 2.24) is 9.97 Å². The minimum absolute atomic E-state index is 0.142. The first kappa shape index (κ1) is 13.1. The van der Waals surface area contributed by atoms with Gasteiger partial charge in [0.2, 0.25) is 11.8 Å². The van der Waals surface area contributed by atoms with Gasteiger partial charge in [-0.25, -0.2) is 4.98 Å². The van der Waals surface area contributed by atoms with E-state index in [2.05, 4.69) is 16.0 Å². The number of fused-ring (bicyclic) bond motifs is 1. The Morgan fingerprint density at radius 1 is 1.24 bits per heavy atom. The van der Waals surface area contributed by atoms with Crippen LogP contribution in [0.5, 0.6) is 17.4 Å². The molecule has 3 rings (SSSR count). The van der Waals surface area contributed by atoms with Gasteiger partial charge in [0.1, 0.15) is 16.3 Å². The second kappa shape index (κ2) is 5.26. The summed E-state index contributed by atoms with van der Waals surface area (Å²) in [6.07, 6.45) is 0. The fourth-order valence-corrected chi connectivity index (χ4v) is 2.61. The van der Waals surface area contributed by atoms with Gasteiger partial charge in [0.15, 0.2) is 0 Å². The molecule has 0 aliphatic rings. The lowest BCUT2D eigenvalue weighted by Crippen LogP contribution is -1.97. The van der Waals surface area contributed by atoms with Crippen molar-refractivity contribution < 1.29 is 9.47 Å². The highest BCUT2D eigenvalue weighted by molar-refractivity contribution is 7.16. The molecule has 6 nitrogen and oxygen atoms in total. The maximum absolute atomic E-state index is 9.03. The molecular formula is C14H10N4O2S. The Hall–Kier alpha value is -2.85. The van der Waals surface area contributed by atoms with Gasteiger partial charge in [-0.05, 0) is 23.6 Å². The number of ether oxygens (including phenoxy) is 2. The predicted octanol–water partition coefficient (Wildman–Crippen LogP) is 2.95. The molecule has 104 valence electrons. The van der Waals surface area contributed by atoms with E-state index < -0.39 is 0 Å². The van der Waals surface area contributed by atoms with Crippen molar-refractivity contribution in [3.8, 4) is 23.4 Å². The molecule has 2 aromatic heterocycles. The normalized spacial score (nSPS) is 10.3. The van der Waals surface area contributed by atoms with Crippen LogP contribution < -0.4 is 15.2 Å². The van der Waals surface area contributed by atoms with Crippen LogP contribution >= 0.6 is 11.3 Å². The van der Waals surface area contributed by atoms with Crippen LogP contribution in [-0.4, -0.2) is 17.1 Å². The molecule has 0 spiro atoms. The number of rotatable bonds is 3. The molecule has 0 unspecified atom stereocenters. The third-order valence-corrected chi connectivity index (χ3v) is 3.57. The van der Waals surface area contributed by atoms with Gasteiger partial charge >= 0.3 is 0 Å². The van der Waals surface area contributed by atoms with Gasteiger partial charge in [-0.15, -0.1) is 11.3 Å². The Kier molecular flexibility index (Phi) is 3.30. The average molecular weight is 298 g/mol. The third kappa shape index (κ3) is 2.57. The van der Waals surface area contributed by atoms with Crippen molar-refractivity contribution in [3.63, 3.8) is 0 Å². The van der Waals surface area contributed by atoms with Gasteiger partial charge < -0.3 is 15.2 Å². The number of nitrogen functional groups attached to an aromatic ring is 1. The van der Waals surface area contributed by atoms with E-state index in [4.69, 9.17) is 20.5 Å². The number of nitrogens with two attached hydrogens (primary N) is 1. The van der Waals surface area contributed by atoms with Gasteiger partial charge in [0.25, 0.3) is 0 Å². The Morgan fingerprint density at radius 2 is 2.05 bits per heavy atom. The number of hydrogen-bond acceptors (Lipinski definition) is 7. The summed E-state index contributed by atoms with van der Waals surface area (Å²) in [5, 5.41) is 11.7. The minimum atomic E-state index is 0.142. The molecule has 0 bridgehead atoms. The molecule has 21 heavy (non-hydrogen) atoms. The molecule has 0 radical (unpaired) electrons. The third-order valence-electron chi connectivity index (χ3n) is 2.77. The number of thiophene rings is 1. The quantitative estimate of drug-likeness (QED) is 0.799. The summed E-state index contributed by atoms with van der Waals surface area (Å²) in [5.41, 5.74) is 6.11. The molecule has 0 aliphatic heterocycles. The van der Waals surface area contributed by atoms with Crippen LogP contribution in [0.1, 0.15) is 5.56 Å². The Morgan fingerprint density at radius 3 is 2.81 bits per heavy atom. The van der Waals surface area contributed by atoms with Crippen molar-refractivity contribution in [1.29, 1.82) is 5.26 Å². The Balaban J connectivity index is 2.06. The molecule has 0 saturated carbocycles. The molecule has 7 heteroatoms. The first-order valence-electron chi connectivity index (χ1n) is 5.97. The summed E-state index contributed by atoms with van der Waals surface area (Å²) in [6.45, 7) is 0. The molecule has 2 heterocycles. The van der Waals surface area contributed by atoms with E-state index in [0.29, 0.717) is 22.9 Å². The SMILES string of the molecule is COc1cc(C#N)cc(Oc2nc(N)nc3sccc23)c1. The molecule has 0 aliphatic carbocycles. The fraction of sp³-hybridized carbons (Fsp3) is 0.0714. The van der Waals surface area contributed by atoms with Crippen LogP contribution in [0.25, 0.3) is 10.2 Å². The zero-order valence-corrected chi connectivity index (χ0v) is 11.8. The highest BCUT2D eigenvalue weighted by atomic mass is 32.1. The summed E-state index contributed by atoms with van der Waals surface area (Å²) in [6, 6.07) is 8.83. The molecule has 0 saturated heterocycles. The van der Waals surface area contributed by atoms with E-state index in [0.717, 1.165) is 10.2 Å². The summed E-state index contributed by atoms with van der Waals surface area (Å²) in [5.74, 6) is 1.49. The fourth-order valence-electron chi connectivity index (χ4n) is 1.85. The van der Waals surface area contributed by atoms with E-state index in [1.165, 1.54) is 18.4 Å². The van der Waals surface area contributed by atoms with Gasteiger partial charge in [0.05, 0.1) is 24.1 Å². The lowest BCUT2D eigenvalue weighted by molar-refractivity contribution is 0.408. The summed E-state index contributed by atoms with van der Waals surface area (Å²) >= 11 is 1.45. The maximum Gasteiger partial charge on any atom is 0.232 e. The number of nitrogens with zero attached hydrogens (tertiary/aromatic N) is 3. The highest BCUT2D eigenvalue weighted by Crippen LogP contribution is 2.32. The maximum atomic E-state index is 9.03. The second-order valence-corrected chi connectivity index (χ2v) is 5.03. The van der Waals surface area contributed by atoms with Crippen LogP contribution in [0.2, 0.25) is 0 Å². The van der Waals surface area contributed by atoms with E-state index in [1.54, 1.807) is 18.2 Å². The van der Waals surface area contributed by atoms with Gasteiger partial charge in [0, 0.05) is 6.07 Å². The number of nitriles is 1. The van der Waals surface area contributed by atoms with E-state index in [1.807, 2.05) is 11.4 Å². The Labute approximate surface area is 124 Å². The largest absolute Gasteiger partial charge is 0.497 e. The zero-order valence-electron chi connectivity index (χ0n) is 11.0. The number of methoxy groups -OCH3 is 1. The molecule has 0 fully saturated rings. The number of hydrogen-bond donors (Lipinski definition) is 1. The summed E-state index contributed by atoms with van der Waals surface area (Å²) < 4.78 is 10.9. The Bertz CT molecular complexity index is 854. The molecular weight excluding hydrogens is 288 g/mol. The first-order valence-corrected chi connectivity index (χ1v) is 6.85. The van der Waals surface area contributed by atoms with Gasteiger partial charge in [-0.2, -0.15) is 10.2 Å². The molecule has 0 amide bonds. The second-order valence-electron chi connectivity index (χ2n) is 4.14. The number of benzene rings is 1. The van der Waals surface area contributed by atoms with Crippen molar-refractivity contribution >= 4 is 27.5 Å². The minimum Gasteiger partial charge on any atom is -0.497 e. The highest BCUT2D eigenvalue weighted by Gasteiger charge is 2.11. The van der Waals surface area contributed by atoms with Gasteiger partial charge in [-0.3, -0.25) is 0 Å². The predicted molar refractivity (Wildman–Crippen MR) is 79.6 cm³/mol. The number of anilines is 1. The lowest BCUT2D eigenvalue weighted by atomic mass is 10.2. The lowest BCUT2D eigenvalue weighted by Gasteiger charge is -2.08. The molecule has 0 atom stereocenters. The van der Waals surface area contributed by atoms with Crippen LogP contribution in [0.15, 0.2) is 29.6 Å². The van der Waals surface area contributed by atoms with Crippen molar-refractivity contribution in [2.24, 2.45) is 0 Å². The van der Waals surface area contributed by atoms with Crippen LogP contribution in [0.4, 0.5) is 5.95 Å². The monoisotopic (exact) mass is 298 g/mol. The topological polar surface area (TPSA) is 94.0 Å².